The number of nitrogens with one attached hydrogen (secondary N) is 3. The summed E-state index contributed by atoms with van der Waals surface area (Å²) in [7, 11) is 0. The zero-order valence-corrected chi connectivity index (χ0v) is 47.5. The normalized spacial score (nSPS) is 13.6. The Morgan fingerprint density at radius 1 is 0.318 bits per heavy atom. The van der Waals surface area contributed by atoms with Crippen molar-refractivity contribution in [2.24, 2.45) is 34.4 Å². The highest BCUT2D eigenvalue weighted by Crippen LogP contribution is 2.36. The van der Waals surface area contributed by atoms with Crippen LogP contribution in [0.15, 0.2) is 200 Å². The third kappa shape index (κ3) is 13.2. The van der Waals surface area contributed by atoms with Crippen LogP contribution in [-0.2, 0) is 14.4 Å². The van der Waals surface area contributed by atoms with E-state index in [0.29, 0.717) is 108 Å². The summed E-state index contributed by atoms with van der Waals surface area (Å²) in [5.74, 6) is -4.00. The molecule has 0 aliphatic carbocycles. The standard InChI is InChI=1S/C70H73N9O6/c71-43-10-7-40-68(74,62(80)58-25-13-19-46-16-1-4-22-55(46)58)65(83)77-52-34-28-49(29-35-52)61(50-30-36-53(37-31-50)78-66(84)69(75,41-8-11-44-72)63(81)59-26-14-20-47-17-2-5-23-56(47)59)51-32-38-54(39-33-51)79-67(85)70(76,42-9-12-45-73)64(82)60-27-15-21-48-18-3-6-24-57(48)60/h1-6,13-39,61H,7-12,40-45,71-76H2,(H,77,83)(H,78,84)(H,79,85)/t68-,69-,70-/m0/s1. The van der Waals surface area contributed by atoms with Gasteiger partial charge in [-0.2, -0.15) is 0 Å². The predicted molar refractivity (Wildman–Crippen MR) is 340 cm³/mol. The van der Waals surface area contributed by atoms with Gasteiger partial charge in [0.1, 0.15) is 0 Å². The lowest BCUT2D eigenvalue weighted by Gasteiger charge is -2.28. The number of hydrogen-bond acceptors (Lipinski definition) is 12. The van der Waals surface area contributed by atoms with Gasteiger partial charge in [-0.1, -0.05) is 164 Å². The number of nitrogens with two attached hydrogens (primary N) is 6. The van der Waals surface area contributed by atoms with Gasteiger partial charge >= 0.3 is 0 Å². The molecule has 3 atom stereocenters. The van der Waals surface area contributed by atoms with Crippen LogP contribution in [0.4, 0.5) is 17.1 Å². The molecule has 0 spiro atoms. The van der Waals surface area contributed by atoms with Crippen molar-refractivity contribution in [3.05, 3.63) is 234 Å². The predicted octanol–water partition coefficient (Wildman–Crippen LogP) is 10.3. The lowest BCUT2D eigenvalue weighted by Crippen LogP contribution is -2.57. The van der Waals surface area contributed by atoms with Crippen molar-refractivity contribution in [3.63, 3.8) is 0 Å². The minimum atomic E-state index is -1.93. The van der Waals surface area contributed by atoms with Gasteiger partial charge in [0.25, 0.3) is 17.7 Å². The van der Waals surface area contributed by atoms with Gasteiger partial charge in [0.05, 0.1) is 0 Å². The fourth-order valence-electron chi connectivity index (χ4n) is 11.2. The first kappa shape index (κ1) is 60.5. The number of hydrogen-bond donors (Lipinski definition) is 9. The smallest absolute Gasteiger partial charge is 0.252 e. The van der Waals surface area contributed by atoms with E-state index in [1.165, 1.54) is 0 Å². The second-order valence-corrected chi connectivity index (χ2v) is 21.9. The molecule has 0 fully saturated rings. The Labute approximate surface area is 494 Å². The highest BCUT2D eigenvalue weighted by molar-refractivity contribution is 6.26. The maximum Gasteiger partial charge on any atom is 0.252 e. The maximum absolute atomic E-state index is 14.5. The lowest BCUT2D eigenvalue weighted by molar-refractivity contribution is -0.120. The van der Waals surface area contributed by atoms with Gasteiger partial charge in [-0.15, -0.1) is 0 Å². The van der Waals surface area contributed by atoms with Crippen LogP contribution >= 0.6 is 0 Å². The quantitative estimate of drug-likeness (QED) is 0.0101. The van der Waals surface area contributed by atoms with Gasteiger partial charge in [0.2, 0.25) is 0 Å². The second-order valence-electron chi connectivity index (χ2n) is 21.9. The van der Waals surface area contributed by atoms with Crippen LogP contribution in [-0.4, -0.2) is 71.3 Å². The summed E-state index contributed by atoms with van der Waals surface area (Å²) >= 11 is 0. The van der Waals surface area contributed by atoms with Crippen LogP contribution in [0.5, 0.6) is 0 Å². The molecule has 0 unspecified atom stereocenters. The van der Waals surface area contributed by atoms with E-state index in [4.69, 9.17) is 34.4 Å². The molecule has 434 valence electrons. The number of benzene rings is 9. The van der Waals surface area contributed by atoms with E-state index in [1.54, 1.807) is 72.8 Å². The summed E-state index contributed by atoms with van der Waals surface area (Å²) in [6, 6.07) is 60.0. The Bertz CT molecular complexity index is 3470. The molecule has 0 saturated heterocycles. The van der Waals surface area contributed by atoms with Gasteiger partial charge < -0.3 is 50.4 Å². The number of carbonyl (C=O) groups excluding carboxylic acids is 6. The van der Waals surface area contributed by atoms with Crippen LogP contribution < -0.4 is 50.4 Å². The molecule has 3 amide bonds. The van der Waals surface area contributed by atoms with Gasteiger partial charge in [-0.25, -0.2) is 0 Å². The fourth-order valence-corrected chi connectivity index (χ4v) is 11.2. The minimum Gasteiger partial charge on any atom is -0.330 e. The monoisotopic (exact) mass is 1140 g/mol. The summed E-state index contributed by atoms with van der Waals surface area (Å²) in [5, 5.41) is 13.4. The summed E-state index contributed by atoms with van der Waals surface area (Å²) in [4.78, 5) is 86.7. The van der Waals surface area contributed by atoms with Gasteiger partial charge in [0, 0.05) is 39.7 Å². The van der Waals surface area contributed by atoms with Crippen molar-refractivity contribution in [2.45, 2.75) is 80.3 Å². The van der Waals surface area contributed by atoms with E-state index in [0.717, 1.165) is 32.8 Å². The van der Waals surface area contributed by atoms with Gasteiger partial charge in [-0.3, -0.25) is 28.8 Å². The average molecular weight is 1140 g/mol. The van der Waals surface area contributed by atoms with Gasteiger partial charge in [0.15, 0.2) is 34.0 Å². The number of amides is 3. The van der Waals surface area contributed by atoms with Crippen molar-refractivity contribution >= 4 is 84.5 Å². The van der Waals surface area contributed by atoms with Crippen molar-refractivity contribution in [1.82, 2.24) is 0 Å². The van der Waals surface area contributed by atoms with Crippen molar-refractivity contribution < 1.29 is 28.8 Å². The first-order chi connectivity index (χ1) is 41.1. The van der Waals surface area contributed by atoms with Gasteiger partial charge in [-0.05, 0) is 163 Å². The maximum atomic E-state index is 14.5. The number of ketones is 3. The molecule has 0 radical (unpaired) electrons. The number of rotatable bonds is 27. The number of Topliss-reactive ketones (excluding diaryl/α,β-unsaturated/α-hetero) is 3. The molecule has 15 heteroatoms. The third-order valence-corrected chi connectivity index (χ3v) is 16.1. The molecule has 9 rings (SSSR count). The number of carbonyl (C=O) groups is 6. The molecular weight excluding hydrogens is 1060 g/mol. The minimum absolute atomic E-state index is 0.0628. The second kappa shape index (κ2) is 27.1. The first-order valence-electron chi connectivity index (χ1n) is 28.9. The zero-order valence-electron chi connectivity index (χ0n) is 47.5. The highest BCUT2D eigenvalue weighted by atomic mass is 16.2. The van der Waals surface area contributed by atoms with Crippen LogP contribution in [0.2, 0.25) is 0 Å². The topological polar surface area (TPSA) is 295 Å². The summed E-state index contributed by atoms with van der Waals surface area (Å²) < 4.78 is 0. The lowest BCUT2D eigenvalue weighted by atomic mass is 9.82. The summed E-state index contributed by atoms with van der Waals surface area (Å²) in [5.41, 5.74) is 37.1. The zero-order chi connectivity index (χ0) is 60.1. The average Bonchev–Trinajstić information content (AvgIpc) is 2.57. The molecule has 15 nitrogen and oxygen atoms in total. The van der Waals surface area contributed by atoms with Crippen LogP contribution in [0.3, 0.4) is 0 Å². The Hall–Kier alpha value is -9.06. The first-order valence-corrected chi connectivity index (χ1v) is 28.9. The molecule has 9 aromatic carbocycles. The molecule has 0 bridgehead atoms. The molecule has 85 heavy (non-hydrogen) atoms. The largest absolute Gasteiger partial charge is 0.330 e. The Kier molecular flexibility index (Phi) is 19.3. The molecule has 15 N–H and O–H groups in total. The molecule has 0 aromatic heterocycles. The number of anilines is 3. The number of unbranched alkanes of at least 4 members (excludes halogenated alkanes) is 3. The molecular formula is C70H73N9O6. The van der Waals surface area contributed by atoms with Crippen LogP contribution in [0, 0.1) is 0 Å². The SMILES string of the molecule is NCCCC[C@@](N)(C(=O)Nc1ccc(C(c2ccc(NC(=O)[C@](N)(CCCCN)C(=O)c3cccc4ccccc34)cc2)c2ccc(NC(=O)[C@](N)(CCCCN)C(=O)c3cccc4ccccc34)cc2)cc1)C(=O)c1cccc2ccccc12. The Morgan fingerprint density at radius 3 is 0.824 bits per heavy atom. The van der Waals surface area contributed by atoms with Crippen LogP contribution in [0.1, 0.15) is 111 Å². The Balaban J connectivity index is 1.02. The van der Waals surface area contributed by atoms with E-state index in [9.17, 15) is 28.8 Å². The number of fused-ring (bicyclic) bond motifs is 3. The van der Waals surface area contributed by atoms with Crippen molar-refractivity contribution in [1.29, 1.82) is 0 Å². The van der Waals surface area contributed by atoms with E-state index < -0.39 is 57.6 Å². The highest BCUT2D eigenvalue weighted by Gasteiger charge is 2.45. The van der Waals surface area contributed by atoms with E-state index in [2.05, 4.69) is 16.0 Å². The summed E-state index contributed by atoms with van der Waals surface area (Å²) in [6.45, 7) is 1.10. The van der Waals surface area contributed by atoms with Crippen molar-refractivity contribution in [2.75, 3.05) is 35.6 Å². The third-order valence-electron chi connectivity index (χ3n) is 16.1. The molecule has 0 aliphatic heterocycles. The molecule has 0 saturated carbocycles. The molecule has 0 heterocycles. The molecule has 0 aliphatic rings. The molecule has 9 aromatic rings. The Morgan fingerprint density at radius 2 is 0.565 bits per heavy atom. The summed E-state index contributed by atoms with van der Waals surface area (Å²) in [6.07, 6.45) is 3.21. The fraction of sp³-hybridized carbons (Fsp3) is 0.229. The van der Waals surface area contributed by atoms with Crippen LogP contribution in [0.25, 0.3) is 32.3 Å². The van der Waals surface area contributed by atoms with E-state index in [-0.39, 0.29) is 19.3 Å². The van der Waals surface area contributed by atoms with E-state index in [1.807, 2.05) is 127 Å². The van der Waals surface area contributed by atoms with Crippen molar-refractivity contribution in [3.8, 4) is 0 Å². The van der Waals surface area contributed by atoms with E-state index >= 15 is 0 Å².